The minimum atomic E-state index is 0.0997. The smallest absolute Gasteiger partial charge is 0.0324 e. The van der Waals surface area contributed by atoms with E-state index in [0.29, 0.717) is 0 Å². The van der Waals surface area contributed by atoms with Gasteiger partial charge in [-0.15, -0.1) is 0 Å². The van der Waals surface area contributed by atoms with E-state index in [1.165, 1.54) is 5.56 Å². The molecule has 0 saturated heterocycles. The average molecular weight is 213 g/mol. The Bertz CT molecular complexity index is 364. The van der Waals surface area contributed by atoms with E-state index in [1.54, 1.807) is 0 Å². The van der Waals surface area contributed by atoms with Crippen molar-refractivity contribution in [2.75, 3.05) is 13.6 Å². The van der Waals surface area contributed by atoms with Crippen LogP contribution in [-0.4, -0.2) is 13.6 Å². The molecular weight excluding hydrogens is 194 g/mol. The molecule has 0 aromatic heterocycles. The lowest BCUT2D eigenvalue weighted by atomic mass is 9.75. The minimum absolute atomic E-state index is 0.0997. The molecule has 1 aliphatic rings. The van der Waals surface area contributed by atoms with Gasteiger partial charge in [0.25, 0.3) is 0 Å². The summed E-state index contributed by atoms with van der Waals surface area (Å²) in [7, 11) is 2.01. The first kappa shape index (κ1) is 11.2. The zero-order chi connectivity index (χ0) is 11.3. The lowest BCUT2D eigenvalue weighted by Gasteiger charge is -2.30. The van der Waals surface area contributed by atoms with E-state index in [0.717, 1.165) is 19.4 Å². The second-order valence-electron chi connectivity index (χ2n) is 4.30. The fraction of sp³-hybridized carbons (Fsp3) is 0.333. The fourth-order valence-electron chi connectivity index (χ4n) is 2.27. The number of rotatable bonds is 4. The molecule has 0 atom stereocenters. The second-order valence-corrected chi connectivity index (χ2v) is 4.30. The Morgan fingerprint density at radius 1 is 1.12 bits per heavy atom. The summed E-state index contributed by atoms with van der Waals surface area (Å²) in [5, 5.41) is 3.24. The predicted octanol–water partition coefficient (Wildman–Crippen LogP) is 3.05. The maximum atomic E-state index is 3.24. The quantitative estimate of drug-likeness (QED) is 0.758. The number of hydrogen-bond acceptors (Lipinski definition) is 1. The Morgan fingerprint density at radius 3 is 2.44 bits per heavy atom. The van der Waals surface area contributed by atoms with Crippen molar-refractivity contribution in [1.29, 1.82) is 0 Å². The van der Waals surface area contributed by atoms with Crippen LogP contribution in [0.2, 0.25) is 0 Å². The van der Waals surface area contributed by atoms with Gasteiger partial charge in [-0.1, -0.05) is 54.6 Å². The zero-order valence-electron chi connectivity index (χ0n) is 9.82. The summed E-state index contributed by atoms with van der Waals surface area (Å²) in [6.45, 7) is 1.03. The van der Waals surface area contributed by atoms with Crippen molar-refractivity contribution in [2.24, 2.45) is 0 Å². The molecule has 84 valence electrons. The standard InChI is InChI=1S/C15H19N/c1-16-13-12-15(10-6-3-7-11-15)14-8-4-2-5-9-14/h2,4-11,16H,3,12-13H2,1H3. The molecule has 0 unspecified atom stereocenters. The zero-order valence-corrected chi connectivity index (χ0v) is 9.82. The first-order valence-electron chi connectivity index (χ1n) is 5.93. The van der Waals surface area contributed by atoms with E-state index in [2.05, 4.69) is 60.0 Å². The van der Waals surface area contributed by atoms with Crippen LogP contribution in [0.3, 0.4) is 0 Å². The maximum Gasteiger partial charge on any atom is 0.0324 e. The molecule has 1 N–H and O–H groups in total. The van der Waals surface area contributed by atoms with Gasteiger partial charge in [0.1, 0.15) is 0 Å². The average Bonchev–Trinajstić information content (AvgIpc) is 2.38. The molecule has 16 heavy (non-hydrogen) atoms. The van der Waals surface area contributed by atoms with Crippen LogP contribution in [0.1, 0.15) is 18.4 Å². The van der Waals surface area contributed by atoms with E-state index >= 15 is 0 Å². The van der Waals surface area contributed by atoms with E-state index in [-0.39, 0.29) is 5.41 Å². The topological polar surface area (TPSA) is 12.0 Å². The third-order valence-electron chi connectivity index (χ3n) is 3.20. The first-order valence-corrected chi connectivity index (χ1v) is 5.93. The van der Waals surface area contributed by atoms with Crippen LogP contribution >= 0.6 is 0 Å². The van der Waals surface area contributed by atoms with Crippen LogP contribution in [0, 0.1) is 0 Å². The molecule has 0 saturated carbocycles. The third-order valence-corrected chi connectivity index (χ3v) is 3.20. The SMILES string of the molecule is CNCCC1(c2ccccc2)C=CCC=C1. The normalized spacial score (nSPS) is 17.6. The summed E-state index contributed by atoms with van der Waals surface area (Å²) >= 11 is 0. The number of allylic oxidation sites excluding steroid dienone is 4. The van der Waals surface area contributed by atoms with Crippen LogP contribution in [0.15, 0.2) is 54.6 Å². The van der Waals surface area contributed by atoms with Crippen LogP contribution in [0.25, 0.3) is 0 Å². The van der Waals surface area contributed by atoms with Gasteiger partial charge in [-0.3, -0.25) is 0 Å². The van der Waals surface area contributed by atoms with Gasteiger partial charge in [-0.25, -0.2) is 0 Å². The van der Waals surface area contributed by atoms with E-state index in [9.17, 15) is 0 Å². The Kier molecular flexibility index (Phi) is 3.58. The largest absolute Gasteiger partial charge is 0.320 e. The number of hydrogen-bond donors (Lipinski definition) is 1. The van der Waals surface area contributed by atoms with Crippen molar-refractivity contribution in [3.8, 4) is 0 Å². The molecule has 0 bridgehead atoms. The molecule has 1 heteroatoms. The van der Waals surface area contributed by atoms with Gasteiger partial charge in [0.05, 0.1) is 0 Å². The molecule has 0 heterocycles. The predicted molar refractivity (Wildman–Crippen MR) is 69.6 cm³/mol. The Hall–Kier alpha value is -1.34. The lowest BCUT2D eigenvalue weighted by molar-refractivity contribution is 0.568. The first-order chi connectivity index (χ1) is 7.87. The van der Waals surface area contributed by atoms with Crippen molar-refractivity contribution in [2.45, 2.75) is 18.3 Å². The van der Waals surface area contributed by atoms with Gasteiger partial charge in [-0.2, -0.15) is 0 Å². The second kappa shape index (κ2) is 5.13. The van der Waals surface area contributed by atoms with Gasteiger partial charge in [0.2, 0.25) is 0 Å². The summed E-state index contributed by atoms with van der Waals surface area (Å²) in [4.78, 5) is 0. The van der Waals surface area contributed by atoms with E-state index in [1.807, 2.05) is 7.05 Å². The van der Waals surface area contributed by atoms with Crippen molar-refractivity contribution in [3.63, 3.8) is 0 Å². The third kappa shape index (κ3) is 2.25. The molecule has 1 nitrogen and oxygen atoms in total. The van der Waals surface area contributed by atoms with Crippen molar-refractivity contribution in [1.82, 2.24) is 5.32 Å². The molecule has 1 aromatic rings. The lowest BCUT2D eigenvalue weighted by Crippen LogP contribution is -2.27. The molecule has 0 amide bonds. The van der Waals surface area contributed by atoms with Crippen LogP contribution in [0.5, 0.6) is 0 Å². The monoisotopic (exact) mass is 213 g/mol. The summed E-state index contributed by atoms with van der Waals surface area (Å²) in [6.07, 6.45) is 11.4. The summed E-state index contributed by atoms with van der Waals surface area (Å²) in [5.41, 5.74) is 1.49. The number of nitrogens with one attached hydrogen (secondary N) is 1. The van der Waals surface area contributed by atoms with Crippen LogP contribution in [0.4, 0.5) is 0 Å². The summed E-state index contributed by atoms with van der Waals surface area (Å²) in [5.74, 6) is 0. The highest BCUT2D eigenvalue weighted by Gasteiger charge is 2.26. The van der Waals surface area contributed by atoms with Gasteiger partial charge in [-0.05, 0) is 32.0 Å². The number of benzene rings is 1. The summed E-state index contributed by atoms with van der Waals surface area (Å²) in [6, 6.07) is 10.7. The molecule has 0 radical (unpaired) electrons. The highest BCUT2D eigenvalue weighted by molar-refractivity contribution is 5.39. The van der Waals surface area contributed by atoms with Crippen molar-refractivity contribution >= 4 is 0 Å². The molecular formula is C15H19N. The highest BCUT2D eigenvalue weighted by atomic mass is 14.8. The van der Waals surface area contributed by atoms with Gasteiger partial charge in [0, 0.05) is 5.41 Å². The van der Waals surface area contributed by atoms with E-state index < -0.39 is 0 Å². The summed E-state index contributed by atoms with van der Waals surface area (Å²) < 4.78 is 0. The van der Waals surface area contributed by atoms with E-state index in [4.69, 9.17) is 0 Å². The molecule has 1 aliphatic carbocycles. The minimum Gasteiger partial charge on any atom is -0.320 e. The molecule has 1 aromatic carbocycles. The molecule has 2 rings (SSSR count). The van der Waals surface area contributed by atoms with Crippen LogP contribution < -0.4 is 5.32 Å². The Morgan fingerprint density at radius 2 is 1.81 bits per heavy atom. The van der Waals surface area contributed by atoms with Crippen molar-refractivity contribution < 1.29 is 0 Å². The Labute approximate surface area is 97.9 Å². The van der Waals surface area contributed by atoms with Crippen molar-refractivity contribution in [3.05, 3.63) is 60.2 Å². The Balaban J connectivity index is 2.31. The molecule has 0 spiro atoms. The van der Waals surface area contributed by atoms with Gasteiger partial charge >= 0.3 is 0 Å². The highest BCUT2D eigenvalue weighted by Crippen LogP contribution is 2.33. The fourth-order valence-corrected chi connectivity index (χ4v) is 2.27. The molecule has 0 fully saturated rings. The van der Waals surface area contributed by atoms with Gasteiger partial charge in [0.15, 0.2) is 0 Å². The maximum absolute atomic E-state index is 3.24. The van der Waals surface area contributed by atoms with Gasteiger partial charge < -0.3 is 5.32 Å². The molecule has 0 aliphatic heterocycles. The van der Waals surface area contributed by atoms with Crippen LogP contribution in [-0.2, 0) is 5.41 Å².